The zero-order valence-corrected chi connectivity index (χ0v) is 16.2. The molecule has 0 heterocycles. The van der Waals surface area contributed by atoms with Crippen LogP contribution >= 0.6 is 0 Å². The monoisotopic (exact) mass is 285 g/mol. The molecule has 0 aliphatic rings. The Labute approximate surface area is 124 Å². The Balaban J connectivity index is 5.83. The summed E-state index contributed by atoms with van der Waals surface area (Å²) in [5, 5.41) is 0. The molecule has 0 saturated carbocycles. The lowest BCUT2D eigenvalue weighted by molar-refractivity contribution is -0.126. The van der Waals surface area contributed by atoms with Gasteiger partial charge in [-0.3, -0.25) is 14.7 Å². The van der Waals surface area contributed by atoms with Crippen LogP contribution < -0.4 is 0 Å². The highest BCUT2D eigenvalue weighted by atomic mass is 28.1. The minimum Gasteiger partial charge on any atom is -0.270 e. The van der Waals surface area contributed by atoms with Crippen molar-refractivity contribution in [3.8, 4) is 0 Å². The predicted octanol–water partition coefficient (Wildman–Crippen LogP) is 1.54. The van der Waals surface area contributed by atoms with Crippen LogP contribution in [-0.2, 0) is 0 Å². The minimum absolute atomic E-state index is 0.0434. The third kappa shape index (κ3) is 3.91. The third-order valence-electron chi connectivity index (χ3n) is 4.08. The fraction of sp³-hybridized carbons (Fsp3) is 0.867. The van der Waals surface area contributed by atoms with Gasteiger partial charge in [0.05, 0.1) is 0 Å². The molecule has 0 atom stereocenters. The molecule has 0 spiro atoms. The van der Waals surface area contributed by atoms with Gasteiger partial charge in [0.25, 0.3) is 0 Å². The van der Waals surface area contributed by atoms with Crippen molar-refractivity contribution in [1.29, 1.82) is 0 Å². The van der Waals surface area contributed by atoms with E-state index in [1.807, 2.05) is 0 Å². The molecule has 3 nitrogen and oxygen atoms in total. The second kappa shape index (κ2) is 9.70. The standard InChI is InChI=1S/C15H35N3Si/c1-7-16(8-2)15(13-14-19,17(9-3)10-4)18(11-5)12-6/h13-14H,7-12H2,1-6,19H3. The number of hydrogen-bond acceptors (Lipinski definition) is 3. The van der Waals surface area contributed by atoms with Gasteiger partial charge in [-0.15, -0.1) is 5.70 Å². The van der Waals surface area contributed by atoms with E-state index in [1.165, 1.54) is 0 Å². The Morgan fingerprint density at radius 1 is 0.684 bits per heavy atom. The summed E-state index contributed by atoms with van der Waals surface area (Å²) in [5.41, 5.74) is 2.34. The van der Waals surface area contributed by atoms with E-state index in [1.54, 1.807) is 0 Å². The normalized spacial score (nSPS) is 13.5. The quantitative estimate of drug-likeness (QED) is 0.445. The Morgan fingerprint density at radius 3 is 1.11 bits per heavy atom. The molecule has 0 aromatic carbocycles. The number of rotatable bonds is 10. The van der Waals surface area contributed by atoms with E-state index in [9.17, 15) is 0 Å². The maximum Gasteiger partial charge on any atom is 0.150 e. The second-order valence-electron chi connectivity index (χ2n) is 4.70. The highest BCUT2D eigenvalue weighted by molar-refractivity contribution is 6.17. The van der Waals surface area contributed by atoms with Crippen LogP contribution in [-0.4, -0.2) is 70.0 Å². The van der Waals surface area contributed by atoms with Crippen molar-refractivity contribution in [3.05, 3.63) is 11.8 Å². The lowest BCUT2D eigenvalue weighted by atomic mass is 10.1. The summed E-state index contributed by atoms with van der Waals surface area (Å²) in [5.74, 6) is -0.0434. The summed E-state index contributed by atoms with van der Waals surface area (Å²) in [7, 11) is 1.11. The molecule has 0 unspecified atom stereocenters. The van der Waals surface area contributed by atoms with Crippen molar-refractivity contribution >= 4 is 10.2 Å². The SMILES string of the molecule is CCN(CC)C(C=C[SiH3])(N(CC)CC)N(CC)CC. The lowest BCUT2D eigenvalue weighted by Crippen LogP contribution is -2.68. The van der Waals surface area contributed by atoms with Crippen molar-refractivity contribution < 1.29 is 0 Å². The van der Waals surface area contributed by atoms with Crippen molar-refractivity contribution in [2.75, 3.05) is 39.3 Å². The molecule has 0 bridgehead atoms. The van der Waals surface area contributed by atoms with E-state index in [2.05, 4.69) is 68.0 Å². The Morgan fingerprint density at radius 2 is 0.947 bits per heavy atom. The van der Waals surface area contributed by atoms with Gasteiger partial charge in [0, 0.05) is 10.2 Å². The molecule has 0 aliphatic carbocycles. The van der Waals surface area contributed by atoms with Crippen molar-refractivity contribution in [1.82, 2.24) is 14.7 Å². The Hall–Kier alpha value is -0.163. The van der Waals surface area contributed by atoms with Gasteiger partial charge in [-0.05, 0) is 45.3 Å². The highest BCUT2D eigenvalue weighted by Gasteiger charge is 2.41. The molecule has 0 aromatic heterocycles. The van der Waals surface area contributed by atoms with Crippen molar-refractivity contribution in [3.63, 3.8) is 0 Å². The van der Waals surface area contributed by atoms with E-state index in [-0.39, 0.29) is 5.79 Å². The number of nitrogens with zero attached hydrogens (tertiary/aromatic N) is 3. The topological polar surface area (TPSA) is 9.72 Å². The van der Waals surface area contributed by atoms with Gasteiger partial charge in [-0.1, -0.05) is 41.5 Å². The van der Waals surface area contributed by atoms with Crippen LogP contribution in [0.3, 0.4) is 0 Å². The first kappa shape index (κ1) is 18.8. The van der Waals surface area contributed by atoms with Crippen LogP contribution in [0, 0.1) is 0 Å². The van der Waals surface area contributed by atoms with Gasteiger partial charge in [-0.2, -0.15) is 0 Å². The molecule has 0 fully saturated rings. The molecule has 0 radical (unpaired) electrons. The zero-order chi connectivity index (χ0) is 14.9. The summed E-state index contributed by atoms with van der Waals surface area (Å²) in [6.45, 7) is 20.1. The fourth-order valence-corrected chi connectivity index (χ4v) is 3.65. The molecule has 0 saturated heterocycles. The first-order valence-electron chi connectivity index (χ1n) is 8.01. The van der Waals surface area contributed by atoms with Crippen LogP contribution in [0.5, 0.6) is 0 Å². The average Bonchev–Trinajstić information content (AvgIpc) is 2.42. The largest absolute Gasteiger partial charge is 0.270 e. The van der Waals surface area contributed by atoms with Gasteiger partial charge >= 0.3 is 0 Å². The molecule has 0 amide bonds. The number of hydrogen-bond donors (Lipinski definition) is 0. The van der Waals surface area contributed by atoms with Crippen LogP contribution in [0.4, 0.5) is 0 Å². The maximum atomic E-state index is 2.58. The molecule has 0 aliphatic heterocycles. The van der Waals surface area contributed by atoms with Gasteiger partial charge in [0.15, 0.2) is 5.79 Å². The van der Waals surface area contributed by atoms with Crippen molar-refractivity contribution in [2.45, 2.75) is 47.3 Å². The highest BCUT2D eigenvalue weighted by Crippen LogP contribution is 2.27. The summed E-state index contributed by atoms with van der Waals surface area (Å²) in [6.07, 6.45) is 2.44. The first-order valence-corrected chi connectivity index (χ1v) is 9.16. The van der Waals surface area contributed by atoms with E-state index in [0.717, 1.165) is 49.5 Å². The minimum atomic E-state index is -0.0434. The van der Waals surface area contributed by atoms with Crippen LogP contribution in [0.1, 0.15) is 41.5 Å². The van der Waals surface area contributed by atoms with E-state index < -0.39 is 0 Å². The fourth-order valence-electron chi connectivity index (χ4n) is 3.21. The molecule has 0 aromatic rings. The molecule has 4 heteroatoms. The van der Waals surface area contributed by atoms with Gasteiger partial charge < -0.3 is 0 Å². The Kier molecular flexibility index (Phi) is 9.61. The van der Waals surface area contributed by atoms with Gasteiger partial charge in [-0.25, -0.2) is 0 Å². The third-order valence-corrected chi connectivity index (χ3v) is 4.41. The second-order valence-corrected chi connectivity index (χ2v) is 5.37. The molecular formula is C15H35N3Si. The zero-order valence-electron chi connectivity index (χ0n) is 14.2. The molecule has 0 rings (SSSR count). The molecular weight excluding hydrogens is 250 g/mol. The smallest absolute Gasteiger partial charge is 0.150 e. The van der Waals surface area contributed by atoms with E-state index in [0.29, 0.717) is 0 Å². The van der Waals surface area contributed by atoms with Crippen LogP contribution in [0.25, 0.3) is 0 Å². The summed E-state index contributed by atoms with van der Waals surface area (Å²) >= 11 is 0. The van der Waals surface area contributed by atoms with E-state index in [4.69, 9.17) is 0 Å². The van der Waals surface area contributed by atoms with Crippen LogP contribution in [0.15, 0.2) is 11.8 Å². The van der Waals surface area contributed by atoms with Gasteiger partial charge in [0.1, 0.15) is 0 Å². The first-order chi connectivity index (χ1) is 9.12. The summed E-state index contributed by atoms with van der Waals surface area (Å²) < 4.78 is 0. The van der Waals surface area contributed by atoms with E-state index >= 15 is 0 Å². The lowest BCUT2D eigenvalue weighted by Gasteiger charge is -2.54. The van der Waals surface area contributed by atoms with Gasteiger partial charge in [0.2, 0.25) is 0 Å². The Bertz CT molecular complexity index is 212. The van der Waals surface area contributed by atoms with Crippen molar-refractivity contribution in [2.24, 2.45) is 0 Å². The maximum absolute atomic E-state index is 2.58. The average molecular weight is 286 g/mol. The summed E-state index contributed by atoms with van der Waals surface area (Å²) in [4.78, 5) is 7.75. The summed E-state index contributed by atoms with van der Waals surface area (Å²) in [6, 6.07) is 0. The molecule has 114 valence electrons. The molecule has 19 heavy (non-hydrogen) atoms. The van der Waals surface area contributed by atoms with Crippen LogP contribution in [0.2, 0.25) is 0 Å². The molecule has 0 N–H and O–H groups in total. The number of likely N-dealkylation sites (N-methyl/N-ethyl adjacent to an activating group) is 3. The predicted molar refractivity (Wildman–Crippen MR) is 90.6 cm³/mol.